The molecule has 0 aliphatic rings. The van der Waals surface area contributed by atoms with Gasteiger partial charge in [-0.15, -0.1) is 10.2 Å². The zero-order chi connectivity index (χ0) is 23.9. The highest BCUT2D eigenvalue weighted by molar-refractivity contribution is 7.13. The molecule has 0 fully saturated rings. The lowest BCUT2D eigenvalue weighted by atomic mass is 10.1. The molecule has 0 bridgehead atoms. The van der Waals surface area contributed by atoms with E-state index in [4.69, 9.17) is 4.74 Å². The van der Waals surface area contributed by atoms with E-state index in [2.05, 4.69) is 20.8 Å². The SMILES string of the molecule is Cc1ccc(OCc2nnc(C(=O)Nc3ccc(C(=O)N[C@@H](C)c4ccccc4)cc3)s2)cc1. The van der Waals surface area contributed by atoms with E-state index in [1.54, 1.807) is 24.3 Å². The highest BCUT2D eigenvalue weighted by Crippen LogP contribution is 2.18. The zero-order valence-corrected chi connectivity index (χ0v) is 19.6. The second-order valence-corrected chi connectivity index (χ2v) is 8.80. The monoisotopic (exact) mass is 472 g/mol. The van der Waals surface area contributed by atoms with Crippen molar-refractivity contribution in [3.05, 3.63) is 106 Å². The van der Waals surface area contributed by atoms with Crippen molar-refractivity contribution in [2.24, 2.45) is 0 Å². The second kappa shape index (κ2) is 10.7. The van der Waals surface area contributed by atoms with Gasteiger partial charge in [0.25, 0.3) is 11.8 Å². The highest BCUT2D eigenvalue weighted by atomic mass is 32.1. The van der Waals surface area contributed by atoms with Crippen LogP contribution in [0, 0.1) is 6.92 Å². The molecule has 1 heterocycles. The quantitative estimate of drug-likeness (QED) is 0.369. The molecule has 0 saturated carbocycles. The van der Waals surface area contributed by atoms with Crippen LogP contribution >= 0.6 is 11.3 Å². The van der Waals surface area contributed by atoms with E-state index in [-0.39, 0.29) is 29.5 Å². The molecule has 0 unspecified atom stereocenters. The first-order valence-electron chi connectivity index (χ1n) is 10.8. The number of hydrogen-bond donors (Lipinski definition) is 2. The number of anilines is 1. The Labute approximate surface area is 201 Å². The molecule has 8 heteroatoms. The van der Waals surface area contributed by atoms with Crippen LogP contribution in [0.4, 0.5) is 5.69 Å². The third-order valence-electron chi connectivity index (χ3n) is 5.10. The van der Waals surface area contributed by atoms with Crippen molar-refractivity contribution in [1.82, 2.24) is 15.5 Å². The van der Waals surface area contributed by atoms with E-state index in [1.807, 2.05) is 68.4 Å². The molecule has 2 amide bonds. The van der Waals surface area contributed by atoms with Crippen molar-refractivity contribution in [2.45, 2.75) is 26.5 Å². The van der Waals surface area contributed by atoms with Crippen LogP contribution in [0.15, 0.2) is 78.9 Å². The Morgan fingerprint density at radius 3 is 2.32 bits per heavy atom. The summed E-state index contributed by atoms with van der Waals surface area (Å²) in [7, 11) is 0. The standard InChI is InChI=1S/C26H24N4O3S/c1-17-8-14-22(15-9-17)33-16-23-29-30-26(34-23)25(32)28-21-12-10-20(11-13-21)24(31)27-18(2)19-6-4-3-5-7-19/h3-15,18H,16H2,1-2H3,(H,27,31)(H,28,32)/t18-/m0/s1. The Kier molecular flexibility index (Phi) is 7.29. The highest BCUT2D eigenvalue weighted by Gasteiger charge is 2.15. The van der Waals surface area contributed by atoms with Gasteiger partial charge in [0.05, 0.1) is 6.04 Å². The number of amides is 2. The molecule has 34 heavy (non-hydrogen) atoms. The predicted molar refractivity (Wildman–Crippen MR) is 132 cm³/mol. The molecule has 1 atom stereocenters. The summed E-state index contributed by atoms with van der Waals surface area (Å²) >= 11 is 1.17. The molecule has 0 aliphatic carbocycles. The fraction of sp³-hybridized carbons (Fsp3) is 0.154. The van der Waals surface area contributed by atoms with E-state index in [1.165, 1.54) is 11.3 Å². The summed E-state index contributed by atoms with van der Waals surface area (Å²) in [6.07, 6.45) is 0. The Bertz CT molecular complexity index is 1260. The molecule has 0 spiro atoms. The number of hydrogen-bond acceptors (Lipinski definition) is 6. The Morgan fingerprint density at radius 2 is 1.62 bits per heavy atom. The zero-order valence-electron chi connectivity index (χ0n) is 18.8. The third-order valence-corrected chi connectivity index (χ3v) is 5.99. The Hall–Kier alpha value is -4.04. The first-order chi connectivity index (χ1) is 16.5. The first-order valence-corrected chi connectivity index (χ1v) is 11.6. The average Bonchev–Trinajstić information content (AvgIpc) is 3.34. The molecule has 2 N–H and O–H groups in total. The minimum absolute atomic E-state index is 0.116. The number of carbonyl (C=O) groups excluding carboxylic acids is 2. The van der Waals surface area contributed by atoms with E-state index < -0.39 is 0 Å². The van der Waals surface area contributed by atoms with E-state index in [9.17, 15) is 9.59 Å². The molecular weight excluding hydrogens is 448 g/mol. The number of ether oxygens (including phenoxy) is 1. The van der Waals surface area contributed by atoms with Gasteiger partial charge in [0.1, 0.15) is 12.4 Å². The van der Waals surface area contributed by atoms with Gasteiger partial charge in [-0.3, -0.25) is 9.59 Å². The molecule has 4 aromatic rings. The van der Waals surface area contributed by atoms with Gasteiger partial charge in [-0.1, -0.05) is 59.4 Å². The van der Waals surface area contributed by atoms with Gasteiger partial charge in [0, 0.05) is 11.3 Å². The fourth-order valence-corrected chi connectivity index (χ4v) is 3.83. The second-order valence-electron chi connectivity index (χ2n) is 7.74. The van der Waals surface area contributed by atoms with Gasteiger partial charge in [-0.05, 0) is 55.8 Å². The van der Waals surface area contributed by atoms with Crippen molar-refractivity contribution in [3.8, 4) is 5.75 Å². The Balaban J connectivity index is 1.30. The summed E-state index contributed by atoms with van der Waals surface area (Å²) in [4.78, 5) is 25.1. The number of nitrogens with zero attached hydrogens (tertiary/aromatic N) is 2. The molecule has 0 saturated heterocycles. The molecule has 3 aromatic carbocycles. The summed E-state index contributed by atoms with van der Waals surface area (Å²) in [6, 6.07) is 24.0. The fourth-order valence-electron chi connectivity index (χ4n) is 3.18. The molecule has 0 radical (unpaired) electrons. The van der Waals surface area contributed by atoms with Crippen LogP contribution in [0.25, 0.3) is 0 Å². The lowest BCUT2D eigenvalue weighted by molar-refractivity contribution is 0.0939. The van der Waals surface area contributed by atoms with E-state index in [0.717, 1.165) is 16.9 Å². The van der Waals surface area contributed by atoms with Gasteiger partial charge >= 0.3 is 0 Å². The molecule has 172 valence electrons. The van der Waals surface area contributed by atoms with Gasteiger partial charge < -0.3 is 15.4 Å². The number of benzene rings is 3. The topological polar surface area (TPSA) is 93.2 Å². The average molecular weight is 473 g/mol. The first kappa shape index (κ1) is 23.1. The molecule has 1 aromatic heterocycles. The van der Waals surface area contributed by atoms with Gasteiger partial charge in [0.2, 0.25) is 5.01 Å². The predicted octanol–water partition coefficient (Wildman–Crippen LogP) is 5.17. The summed E-state index contributed by atoms with van der Waals surface area (Å²) in [5.41, 5.74) is 3.25. The number of nitrogens with one attached hydrogen (secondary N) is 2. The van der Waals surface area contributed by atoms with Crippen molar-refractivity contribution >= 4 is 28.8 Å². The number of carbonyl (C=O) groups is 2. The number of aromatic nitrogens is 2. The van der Waals surface area contributed by atoms with Gasteiger partial charge in [0.15, 0.2) is 5.01 Å². The molecule has 7 nitrogen and oxygen atoms in total. The van der Waals surface area contributed by atoms with Crippen molar-refractivity contribution in [1.29, 1.82) is 0 Å². The lowest BCUT2D eigenvalue weighted by Gasteiger charge is -2.14. The van der Waals surface area contributed by atoms with Crippen LogP contribution in [-0.4, -0.2) is 22.0 Å². The lowest BCUT2D eigenvalue weighted by Crippen LogP contribution is -2.26. The van der Waals surface area contributed by atoms with Crippen molar-refractivity contribution in [3.63, 3.8) is 0 Å². The van der Waals surface area contributed by atoms with Gasteiger partial charge in [-0.2, -0.15) is 0 Å². The minimum Gasteiger partial charge on any atom is -0.486 e. The summed E-state index contributed by atoms with van der Waals surface area (Å²) < 4.78 is 5.69. The summed E-state index contributed by atoms with van der Waals surface area (Å²) in [6.45, 7) is 4.18. The van der Waals surface area contributed by atoms with Crippen molar-refractivity contribution in [2.75, 3.05) is 5.32 Å². The number of rotatable bonds is 8. The van der Waals surface area contributed by atoms with Crippen LogP contribution < -0.4 is 15.4 Å². The van der Waals surface area contributed by atoms with Gasteiger partial charge in [-0.25, -0.2) is 0 Å². The summed E-state index contributed by atoms with van der Waals surface area (Å²) in [5, 5.41) is 14.6. The third kappa shape index (κ3) is 6.05. The van der Waals surface area contributed by atoms with Crippen LogP contribution in [0.2, 0.25) is 0 Å². The molecular formula is C26H24N4O3S. The smallest absolute Gasteiger partial charge is 0.286 e. The maximum absolute atomic E-state index is 12.5. The summed E-state index contributed by atoms with van der Waals surface area (Å²) in [5.74, 6) is 0.180. The normalized spacial score (nSPS) is 11.5. The Morgan fingerprint density at radius 1 is 0.912 bits per heavy atom. The van der Waals surface area contributed by atoms with Crippen LogP contribution in [0.3, 0.4) is 0 Å². The van der Waals surface area contributed by atoms with Crippen LogP contribution in [-0.2, 0) is 6.61 Å². The van der Waals surface area contributed by atoms with E-state index >= 15 is 0 Å². The number of aryl methyl sites for hydroxylation is 1. The largest absolute Gasteiger partial charge is 0.486 e. The maximum atomic E-state index is 12.5. The molecule has 0 aliphatic heterocycles. The van der Waals surface area contributed by atoms with Crippen LogP contribution in [0.5, 0.6) is 5.75 Å². The molecule has 4 rings (SSSR count). The van der Waals surface area contributed by atoms with Crippen molar-refractivity contribution < 1.29 is 14.3 Å². The minimum atomic E-state index is -0.367. The maximum Gasteiger partial charge on any atom is 0.286 e. The van der Waals surface area contributed by atoms with Crippen LogP contribution in [0.1, 0.15) is 49.3 Å². The van der Waals surface area contributed by atoms with E-state index in [0.29, 0.717) is 16.3 Å².